The largest absolute Gasteiger partial charge is 3.00 e. The van der Waals surface area contributed by atoms with Crippen LogP contribution < -0.4 is 61.6 Å². The van der Waals surface area contributed by atoms with Crippen LogP contribution in [0.4, 0.5) is 0 Å². The first-order chi connectivity index (χ1) is 6.25. The molecule has 0 heterocycles. The van der Waals surface area contributed by atoms with Crippen LogP contribution in [0, 0.1) is 0 Å². The van der Waals surface area contributed by atoms with Gasteiger partial charge in [-0.25, -0.2) is 0 Å². The van der Waals surface area contributed by atoms with Crippen molar-refractivity contribution in [1.29, 1.82) is 0 Å². The summed E-state index contributed by atoms with van der Waals surface area (Å²) in [6, 6.07) is 2.50. The van der Waals surface area contributed by atoms with Gasteiger partial charge in [-0.15, -0.1) is 0 Å². The monoisotopic (exact) mass is 450 g/mol. The smallest absolute Gasteiger partial charge is 1.00 e. The molecule has 2 N–H and O–H groups in total. The fourth-order valence-corrected chi connectivity index (χ4v) is 1.33. The minimum Gasteiger partial charge on any atom is -1.00 e. The topological polar surface area (TPSA) is 24.1 Å². The molecule has 0 aromatic heterocycles. The molecule has 0 atom stereocenters. The molecular formula is C12H30BBr3N2. The Morgan fingerprint density at radius 3 is 0.556 bits per heavy atom. The second-order valence-corrected chi connectivity index (χ2v) is 4.95. The summed E-state index contributed by atoms with van der Waals surface area (Å²) in [5.74, 6) is 0. The van der Waals surface area contributed by atoms with E-state index in [-0.39, 0.29) is 59.4 Å². The van der Waals surface area contributed by atoms with Crippen molar-refractivity contribution in [1.82, 2.24) is 10.6 Å². The Balaban J connectivity index is -0.0000000327. The zero-order valence-corrected chi connectivity index (χ0v) is 17.8. The fraction of sp³-hybridized carbons (Fsp3) is 1.00. The third kappa shape index (κ3) is 52.9. The molecule has 0 bridgehead atoms. The van der Waals surface area contributed by atoms with E-state index in [1.54, 1.807) is 0 Å². The van der Waals surface area contributed by atoms with Crippen LogP contribution in [0.5, 0.6) is 0 Å². The van der Waals surface area contributed by atoms with Crippen molar-refractivity contribution in [3.05, 3.63) is 0 Å². The van der Waals surface area contributed by atoms with E-state index >= 15 is 0 Å². The van der Waals surface area contributed by atoms with Crippen molar-refractivity contribution >= 4 is 8.41 Å². The molecule has 0 fully saturated rings. The maximum absolute atomic E-state index is 3.31. The van der Waals surface area contributed by atoms with Crippen LogP contribution in [0.1, 0.15) is 55.4 Å². The number of halogens is 3. The Hall–Kier alpha value is 1.42. The first kappa shape index (κ1) is 36.6. The van der Waals surface area contributed by atoms with Gasteiger partial charge in [-0.3, -0.25) is 0 Å². The summed E-state index contributed by atoms with van der Waals surface area (Å²) < 4.78 is 0. The first-order valence-electron chi connectivity index (χ1n) is 5.77. The van der Waals surface area contributed by atoms with Crippen LogP contribution in [0.25, 0.3) is 0 Å². The molecule has 0 aromatic rings. The SMILES string of the molecule is CC(C)NC(C)C.CC(C)NC(C)C.[B+3].[Br-].[Br-].[Br-]. The minimum atomic E-state index is 0. The molecule has 2 nitrogen and oxygen atoms in total. The van der Waals surface area contributed by atoms with Gasteiger partial charge in [0.1, 0.15) is 0 Å². The Morgan fingerprint density at radius 1 is 0.444 bits per heavy atom. The van der Waals surface area contributed by atoms with E-state index in [1.165, 1.54) is 0 Å². The van der Waals surface area contributed by atoms with Gasteiger partial charge >= 0.3 is 8.41 Å². The van der Waals surface area contributed by atoms with Gasteiger partial charge in [0.2, 0.25) is 0 Å². The summed E-state index contributed by atoms with van der Waals surface area (Å²) in [4.78, 5) is 0. The van der Waals surface area contributed by atoms with Crippen molar-refractivity contribution in [3.63, 3.8) is 0 Å². The molecule has 6 heteroatoms. The first-order valence-corrected chi connectivity index (χ1v) is 5.77. The van der Waals surface area contributed by atoms with Crippen LogP contribution in [-0.4, -0.2) is 32.6 Å². The molecule has 0 unspecified atom stereocenters. The standard InChI is InChI=1S/2C6H15N.B.3BrH/c2*1-5(2)7-6(3)4;;;;/h2*5-7H,1-4H3;;3*1H/q;;+3;;;/p-3. The van der Waals surface area contributed by atoms with E-state index in [2.05, 4.69) is 66.0 Å². The summed E-state index contributed by atoms with van der Waals surface area (Å²) in [6.45, 7) is 17.2. The van der Waals surface area contributed by atoms with E-state index in [4.69, 9.17) is 0 Å². The number of hydrogen-bond acceptors (Lipinski definition) is 2. The number of nitrogens with one attached hydrogen (secondary N) is 2. The predicted octanol–water partition coefficient (Wildman–Crippen LogP) is -6.58. The van der Waals surface area contributed by atoms with Crippen LogP contribution in [-0.2, 0) is 0 Å². The van der Waals surface area contributed by atoms with Gasteiger partial charge in [-0.05, 0) is 0 Å². The average Bonchev–Trinajstić information content (AvgIpc) is 1.79. The Morgan fingerprint density at radius 2 is 0.556 bits per heavy atom. The summed E-state index contributed by atoms with van der Waals surface area (Å²) in [5.41, 5.74) is 0. The summed E-state index contributed by atoms with van der Waals surface area (Å²) >= 11 is 0. The second kappa shape index (κ2) is 23.5. The quantitative estimate of drug-likeness (QED) is 0.415. The molecule has 0 saturated heterocycles. The second-order valence-electron chi connectivity index (χ2n) is 4.95. The van der Waals surface area contributed by atoms with Gasteiger partial charge in [-0.1, -0.05) is 55.4 Å². The Kier molecular flexibility index (Phi) is 47.8. The third-order valence-corrected chi connectivity index (χ3v) is 1.33. The number of rotatable bonds is 4. The van der Waals surface area contributed by atoms with E-state index in [0.29, 0.717) is 24.2 Å². The summed E-state index contributed by atoms with van der Waals surface area (Å²) in [5, 5.41) is 6.61. The van der Waals surface area contributed by atoms with Crippen LogP contribution in [0.15, 0.2) is 0 Å². The van der Waals surface area contributed by atoms with Crippen LogP contribution in [0.3, 0.4) is 0 Å². The molecule has 18 heavy (non-hydrogen) atoms. The molecule has 0 saturated carbocycles. The van der Waals surface area contributed by atoms with E-state index < -0.39 is 0 Å². The molecule has 112 valence electrons. The normalized spacial score (nSPS) is 8.67. The molecule has 0 radical (unpaired) electrons. The molecule has 0 aliphatic rings. The van der Waals surface area contributed by atoms with Crippen molar-refractivity contribution < 1.29 is 50.9 Å². The summed E-state index contributed by atoms with van der Waals surface area (Å²) in [6.07, 6.45) is 0. The van der Waals surface area contributed by atoms with Crippen molar-refractivity contribution in [2.24, 2.45) is 0 Å². The van der Waals surface area contributed by atoms with Gasteiger partial charge in [0, 0.05) is 24.2 Å². The van der Waals surface area contributed by atoms with E-state index in [1.807, 2.05) is 0 Å². The third-order valence-electron chi connectivity index (χ3n) is 1.33. The molecule has 0 amide bonds. The molecule has 0 aromatic carbocycles. The summed E-state index contributed by atoms with van der Waals surface area (Å²) in [7, 11) is 0. The van der Waals surface area contributed by atoms with Crippen molar-refractivity contribution in [2.75, 3.05) is 0 Å². The fourth-order valence-electron chi connectivity index (χ4n) is 1.33. The molecule has 0 aliphatic heterocycles. The van der Waals surface area contributed by atoms with Crippen molar-refractivity contribution in [2.45, 2.75) is 79.6 Å². The van der Waals surface area contributed by atoms with Gasteiger partial charge in [0.05, 0.1) is 0 Å². The average molecular weight is 453 g/mol. The van der Waals surface area contributed by atoms with Gasteiger partial charge in [-0.2, -0.15) is 0 Å². The van der Waals surface area contributed by atoms with Crippen LogP contribution in [0.2, 0.25) is 0 Å². The molecule has 0 spiro atoms. The maximum Gasteiger partial charge on any atom is 3.00 e. The zero-order chi connectivity index (χ0) is 11.7. The maximum atomic E-state index is 3.31. The predicted molar refractivity (Wildman–Crippen MR) is 72.6 cm³/mol. The Bertz CT molecular complexity index is 97.9. The molecule has 0 aliphatic carbocycles. The van der Waals surface area contributed by atoms with E-state index in [9.17, 15) is 0 Å². The van der Waals surface area contributed by atoms with Crippen LogP contribution >= 0.6 is 0 Å². The number of hydrogen-bond donors (Lipinski definition) is 2. The Labute approximate surface area is 149 Å². The van der Waals surface area contributed by atoms with Gasteiger partial charge in [0.25, 0.3) is 0 Å². The van der Waals surface area contributed by atoms with Crippen molar-refractivity contribution in [3.8, 4) is 0 Å². The van der Waals surface area contributed by atoms with Gasteiger partial charge in [0.15, 0.2) is 0 Å². The molecular weight excluding hydrogens is 423 g/mol. The minimum absolute atomic E-state index is 0. The zero-order valence-electron chi connectivity index (χ0n) is 13.0. The van der Waals surface area contributed by atoms with Gasteiger partial charge < -0.3 is 61.6 Å². The van der Waals surface area contributed by atoms with E-state index in [0.717, 1.165) is 0 Å². The molecule has 0 rings (SSSR count).